The van der Waals surface area contributed by atoms with Crippen molar-refractivity contribution in [2.75, 3.05) is 38.7 Å². The molecule has 2 aliphatic rings. The number of benzene rings is 1. The molecule has 0 radical (unpaired) electrons. The molecule has 1 aliphatic carbocycles. The van der Waals surface area contributed by atoms with Crippen LogP contribution in [0.3, 0.4) is 0 Å². The zero-order valence-electron chi connectivity index (χ0n) is 13.5. The van der Waals surface area contributed by atoms with E-state index in [2.05, 4.69) is 17.5 Å². The summed E-state index contributed by atoms with van der Waals surface area (Å²) in [6.07, 6.45) is 6.65. The summed E-state index contributed by atoms with van der Waals surface area (Å²) in [5.41, 5.74) is 0.710. The van der Waals surface area contributed by atoms with E-state index in [0.717, 1.165) is 25.9 Å². The summed E-state index contributed by atoms with van der Waals surface area (Å²) < 4.78 is 10.7. The highest BCUT2D eigenvalue weighted by Gasteiger charge is 2.35. The number of likely N-dealkylation sites (tertiary alicyclic amines) is 1. The largest absolute Gasteiger partial charge is 0.489 e. The van der Waals surface area contributed by atoms with Crippen LogP contribution in [0.15, 0.2) is 36.4 Å². The van der Waals surface area contributed by atoms with Crippen molar-refractivity contribution in [3.63, 3.8) is 0 Å². The SMILES string of the molecule is COCCOc1ccccc1NC(=O)N1C[C@H]2CC=CC[C@@H]2C1. The van der Waals surface area contributed by atoms with Gasteiger partial charge in [0.05, 0.1) is 12.3 Å². The average Bonchev–Trinajstić information content (AvgIpc) is 3.01. The minimum atomic E-state index is -0.0396. The van der Waals surface area contributed by atoms with Crippen LogP contribution in [0.4, 0.5) is 10.5 Å². The van der Waals surface area contributed by atoms with Crippen molar-refractivity contribution in [1.82, 2.24) is 4.90 Å². The van der Waals surface area contributed by atoms with E-state index < -0.39 is 0 Å². The molecule has 3 rings (SSSR count). The van der Waals surface area contributed by atoms with Gasteiger partial charge in [-0.3, -0.25) is 0 Å². The van der Waals surface area contributed by atoms with E-state index in [1.165, 1.54) is 0 Å². The summed E-state index contributed by atoms with van der Waals surface area (Å²) in [4.78, 5) is 14.5. The third kappa shape index (κ3) is 3.85. The Kier molecular flexibility index (Phi) is 5.18. The van der Waals surface area contributed by atoms with Gasteiger partial charge in [0, 0.05) is 20.2 Å². The Bertz CT molecular complexity index is 557. The van der Waals surface area contributed by atoms with Gasteiger partial charge in [-0.15, -0.1) is 0 Å². The second-order valence-electron chi connectivity index (χ2n) is 6.14. The topological polar surface area (TPSA) is 50.8 Å². The molecule has 1 N–H and O–H groups in total. The fourth-order valence-electron chi connectivity index (χ4n) is 3.31. The van der Waals surface area contributed by atoms with Crippen LogP contribution in [-0.4, -0.2) is 44.3 Å². The van der Waals surface area contributed by atoms with Crippen LogP contribution in [0.5, 0.6) is 5.75 Å². The van der Waals surface area contributed by atoms with Crippen molar-refractivity contribution >= 4 is 11.7 Å². The van der Waals surface area contributed by atoms with Gasteiger partial charge >= 0.3 is 6.03 Å². The highest BCUT2D eigenvalue weighted by molar-refractivity contribution is 5.91. The van der Waals surface area contributed by atoms with Crippen molar-refractivity contribution < 1.29 is 14.3 Å². The highest BCUT2D eigenvalue weighted by Crippen LogP contribution is 2.33. The second-order valence-corrected chi connectivity index (χ2v) is 6.14. The van der Waals surface area contributed by atoms with Gasteiger partial charge < -0.3 is 19.7 Å². The third-order valence-electron chi connectivity index (χ3n) is 4.58. The number of nitrogens with zero attached hydrogens (tertiary/aromatic N) is 1. The van der Waals surface area contributed by atoms with Gasteiger partial charge in [-0.1, -0.05) is 24.3 Å². The molecule has 0 spiro atoms. The van der Waals surface area contributed by atoms with E-state index in [-0.39, 0.29) is 6.03 Å². The molecule has 2 amide bonds. The molecular formula is C18H24N2O3. The molecule has 1 fully saturated rings. The first kappa shape index (κ1) is 15.9. The predicted molar refractivity (Wildman–Crippen MR) is 89.8 cm³/mol. The monoisotopic (exact) mass is 316 g/mol. The lowest BCUT2D eigenvalue weighted by Gasteiger charge is -2.19. The molecule has 0 unspecified atom stereocenters. The first-order valence-corrected chi connectivity index (χ1v) is 8.19. The van der Waals surface area contributed by atoms with Gasteiger partial charge in [0.25, 0.3) is 0 Å². The van der Waals surface area contributed by atoms with E-state index >= 15 is 0 Å². The minimum absolute atomic E-state index is 0.0396. The zero-order chi connectivity index (χ0) is 16.1. The van der Waals surface area contributed by atoms with Crippen LogP contribution >= 0.6 is 0 Å². The number of fused-ring (bicyclic) bond motifs is 1. The van der Waals surface area contributed by atoms with E-state index in [1.54, 1.807) is 7.11 Å². The number of urea groups is 1. The number of ether oxygens (including phenoxy) is 2. The van der Waals surface area contributed by atoms with Crippen LogP contribution in [-0.2, 0) is 4.74 Å². The van der Waals surface area contributed by atoms with Crippen molar-refractivity contribution in [1.29, 1.82) is 0 Å². The van der Waals surface area contributed by atoms with Gasteiger partial charge in [0.2, 0.25) is 0 Å². The standard InChI is InChI=1S/C18H24N2O3/c1-22-10-11-23-17-9-5-4-8-16(17)19-18(21)20-12-14-6-2-3-7-15(14)13-20/h2-5,8-9,14-15H,6-7,10-13H2,1H3,(H,19,21)/t14-,15-/m1/s1. The molecule has 23 heavy (non-hydrogen) atoms. The molecule has 1 aliphatic heterocycles. The predicted octanol–water partition coefficient (Wildman–Crippen LogP) is 3.14. The molecule has 0 bridgehead atoms. The van der Waals surface area contributed by atoms with Gasteiger partial charge in [-0.25, -0.2) is 4.79 Å². The Morgan fingerprint density at radius 2 is 1.87 bits per heavy atom. The van der Waals surface area contributed by atoms with Gasteiger partial charge in [-0.05, 0) is 36.8 Å². The number of anilines is 1. The van der Waals surface area contributed by atoms with Gasteiger partial charge in [0.15, 0.2) is 0 Å². The second kappa shape index (κ2) is 7.51. The fourth-order valence-corrected chi connectivity index (χ4v) is 3.31. The Hall–Kier alpha value is -2.01. The highest BCUT2D eigenvalue weighted by atomic mass is 16.5. The first-order valence-electron chi connectivity index (χ1n) is 8.19. The lowest BCUT2D eigenvalue weighted by atomic mass is 9.86. The molecule has 5 nitrogen and oxygen atoms in total. The van der Waals surface area contributed by atoms with Crippen molar-refractivity contribution in [2.45, 2.75) is 12.8 Å². The summed E-state index contributed by atoms with van der Waals surface area (Å²) in [6.45, 7) is 2.66. The number of rotatable bonds is 5. The van der Waals surface area contributed by atoms with Crippen LogP contribution < -0.4 is 10.1 Å². The summed E-state index contributed by atoms with van der Waals surface area (Å²) in [5, 5.41) is 2.99. The molecule has 0 saturated carbocycles. The molecule has 5 heteroatoms. The van der Waals surface area contributed by atoms with Crippen LogP contribution in [0.2, 0.25) is 0 Å². The number of carbonyl (C=O) groups excluding carboxylic acids is 1. The molecule has 1 saturated heterocycles. The summed E-state index contributed by atoms with van der Waals surface area (Å²) in [7, 11) is 1.64. The number of hydrogen-bond acceptors (Lipinski definition) is 3. The van der Waals surface area contributed by atoms with E-state index in [0.29, 0.717) is 36.5 Å². The number of carbonyl (C=O) groups is 1. The number of methoxy groups -OCH3 is 1. The quantitative estimate of drug-likeness (QED) is 0.670. The fraction of sp³-hybridized carbons (Fsp3) is 0.500. The molecule has 1 heterocycles. The smallest absolute Gasteiger partial charge is 0.321 e. The minimum Gasteiger partial charge on any atom is -0.489 e. The van der Waals surface area contributed by atoms with E-state index in [9.17, 15) is 4.79 Å². The molecule has 124 valence electrons. The van der Waals surface area contributed by atoms with Gasteiger partial charge in [0.1, 0.15) is 12.4 Å². The maximum absolute atomic E-state index is 12.6. The number of hydrogen-bond donors (Lipinski definition) is 1. The lowest BCUT2D eigenvalue weighted by Crippen LogP contribution is -2.33. The molecule has 0 aromatic heterocycles. The molecule has 1 aromatic carbocycles. The van der Waals surface area contributed by atoms with Crippen molar-refractivity contribution in [3.8, 4) is 5.75 Å². The van der Waals surface area contributed by atoms with Crippen molar-refractivity contribution in [3.05, 3.63) is 36.4 Å². The zero-order valence-corrected chi connectivity index (χ0v) is 13.5. The average molecular weight is 316 g/mol. The normalized spacial score (nSPS) is 22.7. The number of allylic oxidation sites excluding steroid dienone is 2. The number of amides is 2. The lowest BCUT2D eigenvalue weighted by molar-refractivity contribution is 0.146. The van der Waals surface area contributed by atoms with Crippen LogP contribution in [0.1, 0.15) is 12.8 Å². The maximum Gasteiger partial charge on any atom is 0.321 e. The summed E-state index contributed by atoms with van der Waals surface area (Å²) >= 11 is 0. The number of para-hydroxylation sites is 2. The van der Waals surface area contributed by atoms with E-state index in [4.69, 9.17) is 9.47 Å². The Balaban J connectivity index is 1.60. The Labute approximate surface area is 137 Å². The Morgan fingerprint density at radius 3 is 2.57 bits per heavy atom. The third-order valence-corrected chi connectivity index (χ3v) is 4.58. The number of nitrogens with one attached hydrogen (secondary N) is 1. The summed E-state index contributed by atoms with van der Waals surface area (Å²) in [5.74, 6) is 1.90. The van der Waals surface area contributed by atoms with E-state index in [1.807, 2.05) is 29.2 Å². The summed E-state index contributed by atoms with van der Waals surface area (Å²) in [6, 6.07) is 7.48. The maximum atomic E-state index is 12.6. The molecule has 1 aromatic rings. The van der Waals surface area contributed by atoms with Crippen molar-refractivity contribution in [2.24, 2.45) is 11.8 Å². The van der Waals surface area contributed by atoms with Crippen LogP contribution in [0.25, 0.3) is 0 Å². The molecular weight excluding hydrogens is 292 g/mol. The molecule has 2 atom stereocenters. The Morgan fingerprint density at radius 1 is 1.17 bits per heavy atom. The van der Waals surface area contributed by atoms with Crippen LogP contribution in [0, 0.1) is 11.8 Å². The van der Waals surface area contributed by atoms with Gasteiger partial charge in [-0.2, -0.15) is 0 Å². The first-order chi connectivity index (χ1) is 11.3.